The molecule has 1 aliphatic heterocycles. The van der Waals surface area contributed by atoms with Crippen molar-refractivity contribution in [2.75, 3.05) is 19.8 Å². The Morgan fingerprint density at radius 3 is 2.40 bits per heavy atom. The number of ether oxygens (including phenoxy) is 2. The van der Waals surface area contributed by atoms with E-state index in [-0.39, 0.29) is 11.4 Å². The van der Waals surface area contributed by atoms with Gasteiger partial charge in [0.25, 0.3) is 0 Å². The van der Waals surface area contributed by atoms with Crippen molar-refractivity contribution in [1.29, 1.82) is 0 Å². The van der Waals surface area contributed by atoms with Gasteiger partial charge >= 0.3 is 5.97 Å². The zero-order valence-electron chi connectivity index (χ0n) is 13.3. The second-order valence-corrected chi connectivity index (χ2v) is 7.40. The van der Waals surface area contributed by atoms with Crippen molar-refractivity contribution in [3.8, 4) is 11.5 Å². The van der Waals surface area contributed by atoms with Crippen LogP contribution >= 0.6 is 0 Å². The number of benzene rings is 2. The minimum Gasteiger partial charge on any atom is -0.486 e. The van der Waals surface area contributed by atoms with Crippen LogP contribution in [0.15, 0.2) is 53.4 Å². The Bertz CT molecular complexity index is 866. The highest BCUT2D eigenvalue weighted by atomic mass is 32.2. The van der Waals surface area contributed by atoms with Gasteiger partial charge in [0.15, 0.2) is 11.5 Å². The molecule has 0 aliphatic carbocycles. The molecule has 0 bridgehead atoms. The number of sulfonamides is 1. The highest BCUT2D eigenvalue weighted by molar-refractivity contribution is 7.89. The number of carboxylic acid groups (broad SMARTS) is 1. The first kappa shape index (κ1) is 17.2. The largest absolute Gasteiger partial charge is 0.486 e. The third-order valence-electron chi connectivity index (χ3n) is 3.66. The Morgan fingerprint density at radius 1 is 1.04 bits per heavy atom. The highest BCUT2D eigenvalue weighted by Crippen LogP contribution is 2.33. The summed E-state index contributed by atoms with van der Waals surface area (Å²) in [6.07, 6.45) is 0. The number of nitrogens with zero attached hydrogens (tertiary/aromatic N) is 1. The van der Waals surface area contributed by atoms with Crippen LogP contribution in [0.4, 0.5) is 0 Å². The lowest BCUT2D eigenvalue weighted by molar-refractivity contribution is -0.137. The summed E-state index contributed by atoms with van der Waals surface area (Å²) >= 11 is 0. The van der Waals surface area contributed by atoms with Gasteiger partial charge in [-0.15, -0.1) is 0 Å². The van der Waals surface area contributed by atoms with Crippen molar-refractivity contribution >= 4 is 16.0 Å². The van der Waals surface area contributed by atoms with Crippen LogP contribution in [0.2, 0.25) is 0 Å². The summed E-state index contributed by atoms with van der Waals surface area (Å²) in [5.41, 5.74) is 0.699. The van der Waals surface area contributed by atoms with Gasteiger partial charge in [0.1, 0.15) is 19.8 Å². The molecular formula is C17H17NO6S. The molecule has 0 saturated heterocycles. The third-order valence-corrected chi connectivity index (χ3v) is 5.45. The van der Waals surface area contributed by atoms with Gasteiger partial charge in [-0.3, -0.25) is 4.79 Å². The van der Waals surface area contributed by atoms with Crippen LogP contribution in [0.3, 0.4) is 0 Å². The lowest BCUT2D eigenvalue weighted by atomic mass is 10.2. The summed E-state index contributed by atoms with van der Waals surface area (Å²) in [5, 5.41) is 9.11. The molecule has 1 heterocycles. The molecule has 7 nitrogen and oxygen atoms in total. The van der Waals surface area contributed by atoms with Crippen molar-refractivity contribution in [3.63, 3.8) is 0 Å². The van der Waals surface area contributed by atoms with E-state index in [0.717, 1.165) is 4.31 Å². The van der Waals surface area contributed by atoms with Crippen molar-refractivity contribution in [2.24, 2.45) is 0 Å². The molecule has 0 saturated carbocycles. The zero-order valence-corrected chi connectivity index (χ0v) is 14.1. The molecule has 25 heavy (non-hydrogen) atoms. The third kappa shape index (κ3) is 3.92. The first-order chi connectivity index (χ1) is 12.0. The van der Waals surface area contributed by atoms with E-state index in [1.807, 2.05) is 0 Å². The van der Waals surface area contributed by atoms with Crippen LogP contribution < -0.4 is 9.47 Å². The molecule has 2 aromatic rings. The van der Waals surface area contributed by atoms with Crippen LogP contribution in [-0.4, -0.2) is 43.6 Å². The fourth-order valence-electron chi connectivity index (χ4n) is 2.50. The van der Waals surface area contributed by atoms with E-state index >= 15 is 0 Å². The van der Waals surface area contributed by atoms with Crippen LogP contribution in [-0.2, 0) is 21.4 Å². The normalized spacial score (nSPS) is 13.6. The molecule has 1 aliphatic rings. The molecule has 132 valence electrons. The molecule has 0 radical (unpaired) electrons. The average molecular weight is 363 g/mol. The van der Waals surface area contributed by atoms with Crippen LogP contribution in [0.5, 0.6) is 11.5 Å². The minimum absolute atomic E-state index is 0.0334. The number of carbonyl (C=O) groups is 1. The smallest absolute Gasteiger partial charge is 0.318 e. The van der Waals surface area contributed by atoms with Crippen LogP contribution in [0.25, 0.3) is 0 Å². The van der Waals surface area contributed by atoms with Crippen molar-refractivity contribution in [1.82, 2.24) is 4.31 Å². The molecule has 0 amide bonds. The van der Waals surface area contributed by atoms with E-state index in [4.69, 9.17) is 14.6 Å². The summed E-state index contributed by atoms with van der Waals surface area (Å²) in [5.74, 6) is -0.419. The summed E-state index contributed by atoms with van der Waals surface area (Å²) in [4.78, 5) is 11.1. The molecule has 8 heteroatoms. The Balaban J connectivity index is 1.94. The first-order valence-corrected chi connectivity index (χ1v) is 9.06. The second kappa shape index (κ2) is 7.12. The average Bonchev–Trinajstić information content (AvgIpc) is 2.61. The standard InChI is InChI=1S/C17H17NO6S/c19-17(20)12-18(11-13-4-2-1-3-5-13)25(21,22)14-6-7-15-16(10-14)24-9-8-23-15/h1-7,10H,8-9,11-12H2,(H,19,20). The number of carboxylic acids is 1. The molecule has 0 spiro atoms. The highest BCUT2D eigenvalue weighted by Gasteiger charge is 2.28. The maximum absolute atomic E-state index is 12.9. The van der Waals surface area contributed by atoms with E-state index in [1.54, 1.807) is 30.3 Å². The molecule has 0 unspecified atom stereocenters. The zero-order chi connectivity index (χ0) is 17.9. The first-order valence-electron chi connectivity index (χ1n) is 7.62. The maximum atomic E-state index is 12.9. The van der Waals surface area contributed by atoms with Gasteiger partial charge in [-0.2, -0.15) is 4.31 Å². The van der Waals surface area contributed by atoms with Crippen molar-refractivity contribution in [2.45, 2.75) is 11.4 Å². The summed E-state index contributed by atoms with van der Waals surface area (Å²) in [7, 11) is -4.01. The summed E-state index contributed by atoms with van der Waals surface area (Å²) in [6, 6.07) is 13.1. The Labute approximate surface area is 145 Å². The molecule has 1 N–H and O–H groups in total. The predicted octanol–water partition coefficient (Wildman–Crippen LogP) is 1.73. The van der Waals surface area contributed by atoms with Crippen LogP contribution in [0.1, 0.15) is 5.56 Å². The molecular weight excluding hydrogens is 346 g/mol. The van der Waals surface area contributed by atoms with Crippen LogP contribution in [0, 0.1) is 0 Å². The number of aliphatic carboxylic acids is 1. The maximum Gasteiger partial charge on any atom is 0.318 e. The molecule has 0 atom stereocenters. The van der Waals surface area contributed by atoms with Gasteiger partial charge in [-0.25, -0.2) is 8.42 Å². The van der Waals surface area contributed by atoms with Gasteiger partial charge in [-0.1, -0.05) is 30.3 Å². The summed E-state index contributed by atoms with van der Waals surface area (Å²) in [6.45, 7) is 0.0627. The van der Waals surface area contributed by atoms with E-state index < -0.39 is 22.5 Å². The molecule has 0 fully saturated rings. The molecule has 2 aromatic carbocycles. The van der Waals surface area contributed by atoms with E-state index in [1.165, 1.54) is 18.2 Å². The Hall–Kier alpha value is -2.58. The second-order valence-electron chi connectivity index (χ2n) is 5.46. The van der Waals surface area contributed by atoms with E-state index in [2.05, 4.69) is 0 Å². The minimum atomic E-state index is -4.01. The predicted molar refractivity (Wildman–Crippen MR) is 89.1 cm³/mol. The Kier molecular flexibility index (Phi) is 4.91. The molecule has 3 rings (SSSR count). The van der Waals surface area contributed by atoms with Gasteiger partial charge < -0.3 is 14.6 Å². The number of hydrogen-bond donors (Lipinski definition) is 1. The van der Waals surface area contributed by atoms with Gasteiger partial charge in [-0.05, 0) is 17.7 Å². The molecule has 0 aromatic heterocycles. The monoisotopic (exact) mass is 363 g/mol. The van der Waals surface area contributed by atoms with Crippen molar-refractivity contribution < 1.29 is 27.8 Å². The van der Waals surface area contributed by atoms with Gasteiger partial charge in [0, 0.05) is 12.6 Å². The van der Waals surface area contributed by atoms with Gasteiger partial charge in [0.2, 0.25) is 10.0 Å². The van der Waals surface area contributed by atoms with E-state index in [0.29, 0.717) is 30.3 Å². The quantitative estimate of drug-likeness (QED) is 0.840. The van der Waals surface area contributed by atoms with Crippen molar-refractivity contribution in [3.05, 3.63) is 54.1 Å². The fourth-order valence-corrected chi connectivity index (χ4v) is 3.89. The number of hydrogen-bond acceptors (Lipinski definition) is 5. The topological polar surface area (TPSA) is 93.1 Å². The Morgan fingerprint density at radius 2 is 1.72 bits per heavy atom. The number of fused-ring (bicyclic) bond motifs is 1. The number of rotatable bonds is 6. The lowest BCUT2D eigenvalue weighted by Gasteiger charge is -2.23. The lowest BCUT2D eigenvalue weighted by Crippen LogP contribution is -2.35. The fraction of sp³-hybridized carbons (Fsp3) is 0.235. The van der Waals surface area contributed by atoms with E-state index in [9.17, 15) is 13.2 Å². The van der Waals surface area contributed by atoms with Gasteiger partial charge in [0.05, 0.1) is 4.90 Å². The SMILES string of the molecule is O=C(O)CN(Cc1ccccc1)S(=O)(=O)c1ccc2c(c1)OCCO2. The summed E-state index contributed by atoms with van der Waals surface area (Å²) < 4.78 is 37.6.